The molecule has 1 N–H and O–H groups in total. The number of hydrogen-bond acceptors (Lipinski definition) is 3. The largest absolute Gasteiger partial charge is 0.411 e. The van der Waals surface area contributed by atoms with Crippen molar-refractivity contribution in [2.24, 2.45) is 5.16 Å². The van der Waals surface area contributed by atoms with Gasteiger partial charge < -0.3 is 5.21 Å². The zero-order chi connectivity index (χ0) is 7.40. The third kappa shape index (κ3) is 1.06. The fraction of sp³-hybridized carbons (Fsp3) is 0.143. The van der Waals surface area contributed by atoms with E-state index in [9.17, 15) is 0 Å². The smallest absolute Gasteiger partial charge is 0.102 e. The Bertz CT molecular complexity index is 255. The summed E-state index contributed by atoms with van der Waals surface area (Å²) in [7, 11) is 0. The highest BCUT2D eigenvalue weighted by Crippen LogP contribution is 2.06. The van der Waals surface area contributed by atoms with Gasteiger partial charge in [-0.2, -0.15) is 5.26 Å². The Morgan fingerprint density at radius 2 is 2.60 bits per heavy atom. The minimum absolute atomic E-state index is 0.310. The van der Waals surface area contributed by atoms with Crippen LogP contribution in [0.2, 0.25) is 0 Å². The minimum atomic E-state index is 0.310. The number of oxime groups is 1. The maximum atomic E-state index is 8.42. The van der Waals surface area contributed by atoms with Crippen LogP contribution in [-0.2, 0) is 0 Å². The molecule has 10 heavy (non-hydrogen) atoms. The minimum Gasteiger partial charge on any atom is -0.411 e. The first-order chi connectivity index (χ1) is 4.88. The summed E-state index contributed by atoms with van der Waals surface area (Å²) >= 11 is 0. The summed E-state index contributed by atoms with van der Waals surface area (Å²) in [6.07, 6.45) is 6.58. The molecule has 1 radical (unpaired) electrons. The number of allylic oxidation sites excluding steroid dienone is 4. The summed E-state index contributed by atoms with van der Waals surface area (Å²) < 4.78 is 0. The predicted molar refractivity (Wildman–Crippen MR) is 35.3 cm³/mol. The Balaban J connectivity index is 2.94. The van der Waals surface area contributed by atoms with E-state index in [1.807, 2.05) is 6.07 Å². The Morgan fingerprint density at radius 3 is 3.10 bits per heavy atom. The van der Waals surface area contributed by atoms with Gasteiger partial charge in [-0.05, 0) is 0 Å². The third-order valence-corrected chi connectivity index (χ3v) is 1.18. The Labute approximate surface area is 58.6 Å². The van der Waals surface area contributed by atoms with Crippen LogP contribution in [0.4, 0.5) is 0 Å². The molecule has 0 fully saturated rings. The first-order valence-corrected chi connectivity index (χ1v) is 2.78. The Hall–Kier alpha value is -1.56. The summed E-state index contributed by atoms with van der Waals surface area (Å²) in [5.74, 6) is 0. The number of nitriles is 1. The Morgan fingerprint density at radius 1 is 1.80 bits per heavy atom. The second-order valence-corrected chi connectivity index (χ2v) is 1.78. The topological polar surface area (TPSA) is 56.4 Å². The summed E-state index contributed by atoms with van der Waals surface area (Å²) in [4.78, 5) is 0. The van der Waals surface area contributed by atoms with Crippen molar-refractivity contribution in [2.75, 3.05) is 0 Å². The van der Waals surface area contributed by atoms with Crippen molar-refractivity contribution in [3.63, 3.8) is 0 Å². The van der Waals surface area contributed by atoms with Crippen molar-refractivity contribution >= 4 is 5.71 Å². The quantitative estimate of drug-likeness (QED) is 0.396. The van der Waals surface area contributed by atoms with Gasteiger partial charge in [0, 0.05) is 12.5 Å². The zero-order valence-corrected chi connectivity index (χ0v) is 5.20. The van der Waals surface area contributed by atoms with Crippen molar-refractivity contribution < 1.29 is 5.21 Å². The first-order valence-electron chi connectivity index (χ1n) is 2.78. The lowest BCUT2D eigenvalue weighted by Gasteiger charge is -2.00. The van der Waals surface area contributed by atoms with E-state index >= 15 is 0 Å². The second-order valence-electron chi connectivity index (χ2n) is 1.78. The van der Waals surface area contributed by atoms with Crippen LogP contribution in [0.5, 0.6) is 0 Å². The highest BCUT2D eigenvalue weighted by atomic mass is 16.4. The lowest BCUT2D eigenvalue weighted by Crippen LogP contribution is -2.02. The van der Waals surface area contributed by atoms with Crippen molar-refractivity contribution in [3.05, 3.63) is 23.8 Å². The molecule has 1 aliphatic rings. The van der Waals surface area contributed by atoms with E-state index in [0.29, 0.717) is 17.7 Å². The molecule has 3 heteroatoms. The molecule has 0 amide bonds. The average molecular weight is 133 g/mol. The molecule has 3 nitrogen and oxygen atoms in total. The molecule has 0 heterocycles. The summed E-state index contributed by atoms with van der Waals surface area (Å²) in [6, 6.07) is 1.87. The summed E-state index contributed by atoms with van der Waals surface area (Å²) in [5, 5.41) is 19.7. The van der Waals surface area contributed by atoms with Crippen molar-refractivity contribution in [2.45, 2.75) is 6.42 Å². The standard InChI is InChI=1S/C7H5N2O/c8-5-6-3-1-2-4-7(6)9-10/h1-2,10H,4H2. The first kappa shape index (κ1) is 6.56. The SMILES string of the molecule is N#CC1=[C]C=CCC1=NO. The second kappa shape index (κ2) is 2.83. The molecule has 0 bridgehead atoms. The molecular formula is C7H5N2O. The van der Waals surface area contributed by atoms with Crippen molar-refractivity contribution in [1.82, 2.24) is 0 Å². The van der Waals surface area contributed by atoms with Gasteiger partial charge in [-0.1, -0.05) is 17.3 Å². The van der Waals surface area contributed by atoms with Gasteiger partial charge in [-0.3, -0.25) is 0 Å². The van der Waals surface area contributed by atoms with E-state index in [1.54, 1.807) is 12.2 Å². The van der Waals surface area contributed by atoms with E-state index in [2.05, 4.69) is 11.2 Å². The van der Waals surface area contributed by atoms with Gasteiger partial charge in [0.2, 0.25) is 0 Å². The van der Waals surface area contributed by atoms with Crippen molar-refractivity contribution in [3.8, 4) is 6.07 Å². The molecule has 0 aromatic heterocycles. The van der Waals surface area contributed by atoms with Gasteiger partial charge in [-0.25, -0.2) is 0 Å². The molecule has 0 aromatic rings. The molecule has 0 saturated heterocycles. The maximum absolute atomic E-state index is 8.42. The molecular weight excluding hydrogens is 128 g/mol. The van der Waals surface area contributed by atoms with Crippen LogP contribution in [0.1, 0.15) is 6.42 Å². The lowest BCUT2D eigenvalue weighted by molar-refractivity contribution is 0.318. The molecule has 1 aliphatic carbocycles. The molecule has 0 saturated carbocycles. The number of nitrogens with zero attached hydrogens (tertiary/aromatic N) is 2. The maximum Gasteiger partial charge on any atom is 0.102 e. The van der Waals surface area contributed by atoms with E-state index in [-0.39, 0.29) is 0 Å². The highest BCUT2D eigenvalue weighted by molar-refractivity contribution is 6.04. The van der Waals surface area contributed by atoms with Gasteiger partial charge in [0.15, 0.2) is 0 Å². The predicted octanol–water partition coefficient (Wildman–Crippen LogP) is 1.03. The summed E-state index contributed by atoms with van der Waals surface area (Å²) in [5.41, 5.74) is 0.690. The Kier molecular flexibility index (Phi) is 1.86. The molecule has 0 spiro atoms. The van der Waals surface area contributed by atoms with Crippen LogP contribution in [0.15, 0.2) is 22.9 Å². The van der Waals surface area contributed by atoms with Gasteiger partial charge >= 0.3 is 0 Å². The third-order valence-electron chi connectivity index (χ3n) is 1.18. The van der Waals surface area contributed by atoms with Crippen LogP contribution in [-0.4, -0.2) is 10.9 Å². The fourth-order valence-corrected chi connectivity index (χ4v) is 0.686. The summed E-state index contributed by atoms with van der Waals surface area (Å²) in [6.45, 7) is 0. The normalized spacial score (nSPS) is 20.3. The van der Waals surface area contributed by atoms with Gasteiger partial charge in [0.25, 0.3) is 0 Å². The molecule has 0 atom stereocenters. The van der Waals surface area contributed by atoms with Crippen LogP contribution < -0.4 is 0 Å². The van der Waals surface area contributed by atoms with E-state index in [4.69, 9.17) is 10.5 Å². The van der Waals surface area contributed by atoms with Crippen LogP contribution in [0.3, 0.4) is 0 Å². The molecule has 0 aromatic carbocycles. The zero-order valence-electron chi connectivity index (χ0n) is 5.20. The van der Waals surface area contributed by atoms with Crippen LogP contribution in [0, 0.1) is 17.4 Å². The van der Waals surface area contributed by atoms with Gasteiger partial charge in [0.05, 0.1) is 5.57 Å². The molecule has 1 rings (SSSR count). The fourth-order valence-electron chi connectivity index (χ4n) is 0.686. The lowest BCUT2D eigenvalue weighted by atomic mass is 10.0. The van der Waals surface area contributed by atoms with Gasteiger partial charge in [0.1, 0.15) is 11.8 Å². The van der Waals surface area contributed by atoms with E-state index in [1.165, 1.54) is 0 Å². The van der Waals surface area contributed by atoms with Crippen LogP contribution >= 0.6 is 0 Å². The molecule has 49 valence electrons. The monoisotopic (exact) mass is 133 g/mol. The number of rotatable bonds is 0. The highest BCUT2D eigenvalue weighted by Gasteiger charge is 2.07. The molecule has 0 aliphatic heterocycles. The van der Waals surface area contributed by atoms with Gasteiger partial charge in [-0.15, -0.1) is 0 Å². The van der Waals surface area contributed by atoms with Crippen molar-refractivity contribution in [1.29, 1.82) is 5.26 Å². The number of hydrogen-bond donors (Lipinski definition) is 1. The van der Waals surface area contributed by atoms with Crippen LogP contribution in [0.25, 0.3) is 0 Å². The average Bonchev–Trinajstić information content (AvgIpc) is 2.04. The molecule has 0 unspecified atom stereocenters. The van der Waals surface area contributed by atoms with E-state index < -0.39 is 0 Å². The van der Waals surface area contributed by atoms with E-state index in [0.717, 1.165) is 0 Å².